The Morgan fingerprint density at radius 2 is 1.78 bits per heavy atom. The molecule has 4 heteroatoms. The van der Waals surface area contributed by atoms with Gasteiger partial charge in [-0.1, -0.05) is 41.5 Å². The SMILES string of the molecule is CCN(CC)CC(=O)NCC(C)(C)C(O)C(C)C. The second-order valence-electron chi connectivity index (χ2n) is 5.92. The van der Waals surface area contributed by atoms with Crippen molar-refractivity contribution in [3.63, 3.8) is 0 Å². The van der Waals surface area contributed by atoms with Gasteiger partial charge < -0.3 is 10.4 Å². The van der Waals surface area contributed by atoms with Crippen molar-refractivity contribution in [3.8, 4) is 0 Å². The van der Waals surface area contributed by atoms with E-state index in [0.29, 0.717) is 13.1 Å². The number of carbonyl (C=O) groups excluding carboxylic acids is 1. The predicted octanol–water partition coefficient (Wildman–Crippen LogP) is 1.49. The van der Waals surface area contributed by atoms with E-state index < -0.39 is 6.10 Å². The van der Waals surface area contributed by atoms with Crippen molar-refractivity contribution >= 4 is 5.91 Å². The van der Waals surface area contributed by atoms with Crippen LogP contribution in [0.25, 0.3) is 0 Å². The molecule has 0 aromatic rings. The highest BCUT2D eigenvalue weighted by atomic mass is 16.3. The zero-order chi connectivity index (χ0) is 14.3. The van der Waals surface area contributed by atoms with Crippen LogP contribution in [0.1, 0.15) is 41.5 Å². The van der Waals surface area contributed by atoms with Crippen LogP contribution in [0.4, 0.5) is 0 Å². The van der Waals surface area contributed by atoms with Gasteiger partial charge >= 0.3 is 0 Å². The van der Waals surface area contributed by atoms with Gasteiger partial charge in [0.1, 0.15) is 0 Å². The van der Waals surface area contributed by atoms with Gasteiger partial charge in [0.15, 0.2) is 0 Å². The quantitative estimate of drug-likeness (QED) is 0.693. The third-order valence-corrected chi connectivity index (χ3v) is 3.43. The highest BCUT2D eigenvalue weighted by molar-refractivity contribution is 5.78. The smallest absolute Gasteiger partial charge is 0.234 e. The molecule has 0 aliphatic rings. The number of nitrogens with zero attached hydrogens (tertiary/aromatic N) is 1. The Morgan fingerprint density at radius 3 is 2.17 bits per heavy atom. The molecule has 18 heavy (non-hydrogen) atoms. The van der Waals surface area contributed by atoms with Crippen molar-refractivity contribution in [1.82, 2.24) is 10.2 Å². The molecule has 108 valence electrons. The van der Waals surface area contributed by atoms with Crippen molar-refractivity contribution in [3.05, 3.63) is 0 Å². The van der Waals surface area contributed by atoms with E-state index in [1.165, 1.54) is 0 Å². The van der Waals surface area contributed by atoms with Crippen LogP contribution in [-0.2, 0) is 4.79 Å². The van der Waals surface area contributed by atoms with Crippen molar-refractivity contribution in [2.75, 3.05) is 26.2 Å². The highest BCUT2D eigenvalue weighted by Gasteiger charge is 2.30. The Morgan fingerprint density at radius 1 is 1.28 bits per heavy atom. The summed E-state index contributed by atoms with van der Waals surface area (Å²) < 4.78 is 0. The summed E-state index contributed by atoms with van der Waals surface area (Å²) in [4.78, 5) is 13.8. The minimum Gasteiger partial charge on any atom is -0.392 e. The lowest BCUT2D eigenvalue weighted by molar-refractivity contribution is -0.123. The first-order valence-corrected chi connectivity index (χ1v) is 6.91. The molecule has 2 N–H and O–H groups in total. The minimum absolute atomic E-state index is 0.0303. The summed E-state index contributed by atoms with van der Waals surface area (Å²) in [6.45, 7) is 14.7. The number of carbonyl (C=O) groups is 1. The zero-order valence-electron chi connectivity index (χ0n) is 12.8. The van der Waals surface area contributed by atoms with Crippen LogP contribution in [0.5, 0.6) is 0 Å². The van der Waals surface area contributed by atoms with Crippen LogP contribution in [0.3, 0.4) is 0 Å². The second-order valence-corrected chi connectivity index (χ2v) is 5.92. The number of hydrogen-bond acceptors (Lipinski definition) is 3. The molecule has 0 spiro atoms. The molecule has 0 aliphatic carbocycles. The van der Waals surface area contributed by atoms with Gasteiger partial charge in [0.25, 0.3) is 0 Å². The van der Waals surface area contributed by atoms with E-state index in [1.807, 2.05) is 41.5 Å². The molecular weight excluding hydrogens is 228 g/mol. The summed E-state index contributed by atoms with van der Waals surface area (Å²) in [5.41, 5.74) is -0.299. The number of nitrogens with one attached hydrogen (secondary N) is 1. The van der Waals surface area contributed by atoms with E-state index in [9.17, 15) is 9.90 Å². The molecule has 0 radical (unpaired) electrons. The van der Waals surface area contributed by atoms with E-state index in [-0.39, 0.29) is 17.2 Å². The Kier molecular flexibility index (Phi) is 7.48. The van der Waals surface area contributed by atoms with Crippen LogP contribution in [-0.4, -0.2) is 48.2 Å². The summed E-state index contributed by atoms with van der Waals surface area (Å²) >= 11 is 0. The number of aliphatic hydroxyl groups is 1. The molecule has 1 unspecified atom stereocenters. The van der Waals surface area contributed by atoms with Crippen LogP contribution < -0.4 is 5.32 Å². The molecule has 0 aromatic heterocycles. The first-order chi connectivity index (χ1) is 8.24. The van der Waals surface area contributed by atoms with Crippen LogP contribution in [0, 0.1) is 11.3 Å². The van der Waals surface area contributed by atoms with Crippen LogP contribution >= 0.6 is 0 Å². The summed E-state index contributed by atoms with van der Waals surface area (Å²) in [7, 11) is 0. The summed E-state index contributed by atoms with van der Waals surface area (Å²) in [5.74, 6) is 0.224. The monoisotopic (exact) mass is 258 g/mol. The molecule has 1 amide bonds. The van der Waals surface area contributed by atoms with Crippen molar-refractivity contribution < 1.29 is 9.90 Å². The van der Waals surface area contributed by atoms with Crippen molar-refractivity contribution in [1.29, 1.82) is 0 Å². The lowest BCUT2D eigenvalue weighted by Crippen LogP contribution is -2.46. The van der Waals surface area contributed by atoms with E-state index in [0.717, 1.165) is 13.1 Å². The largest absolute Gasteiger partial charge is 0.392 e. The normalized spacial score (nSPS) is 14.1. The third-order valence-electron chi connectivity index (χ3n) is 3.43. The molecule has 0 fully saturated rings. The predicted molar refractivity (Wildman–Crippen MR) is 75.4 cm³/mol. The number of hydrogen-bond donors (Lipinski definition) is 2. The fourth-order valence-electron chi connectivity index (χ4n) is 2.04. The van der Waals surface area contributed by atoms with Gasteiger partial charge in [0.05, 0.1) is 12.6 Å². The second kappa shape index (κ2) is 7.74. The standard InChI is InChI=1S/C14H30N2O2/c1-7-16(8-2)9-12(17)15-10-14(5,6)13(18)11(3)4/h11,13,18H,7-10H2,1-6H3,(H,15,17). The van der Waals surface area contributed by atoms with Gasteiger partial charge in [-0.3, -0.25) is 9.69 Å². The lowest BCUT2D eigenvalue weighted by Gasteiger charge is -2.33. The fourth-order valence-corrected chi connectivity index (χ4v) is 2.04. The van der Waals surface area contributed by atoms with Crippen molar-refractivity contribution in [2.24, 2.45) is 11.3 Å². The minimum atomic E-state index is -0.411. The maximum Gasteiger partial charge on any atom is 0.234 e. The number of likely N-dealkylation sites (N-methyl/N-ethyl adjacent to an activating group) is 1. The Bertz CT molecular complexity index is 248. The third kappa shape index (κ3) is 5.83. The molecule has 0 saturated carbocycles. The van der Waals surface area contributed by atoms with Gasteiger partial charge in [-0.25, -0.2) is 0 Å². The number of rotatable bonds is 8. The molecule has 0 aliphatic heterocycles. The topological polar surface area (TPSA) is 52.6 Å². The Balaban J connectivity index is 4.19. The number of amides is 1. The van der Waals surface area contributed by atoms with Crippen molar-refractivity contribution in [2.45, 2.75) is 47.6 Å². The van der Waals surface area contributed by atoms with Gasteiger partial charge in [0.2, 0.25) is 5.91 Å². The average molecular weight is 258 g/mol. The van der Waals surface area contributed by atoms with Gasteiger partial charge in [0, 0.05) is 12.0 Å². The maximum absolute atomic E-state index is 11.8. The molecular formula is C14H30N2O2. The summed E-state index contributed by atoms with van der Waals surface area (Å²) in [6, 6.07) is 0. The molecule has 4 nitrogen and oxygen atoms in total. The van der Waals surface area contributed by atoms with Gasteiger partial charge in [-0.2, -0.15) is 0 Å². The fraction of sp³-hybridized carbons (Fsp3) is 0.929. The molecule has 1 atom stereocenters. The Labute approximate surface area is 112 Å². The molecule has 0 bridgehead atoms. The van der Waals surface area contributed by atoms with Gasteiger partial charge in [-0.05, 0) is 19.0 Å². The van der Waals surface area contributed by atoms with E-state index in [1.54, 1.807) is 0 Å². The molecule has 0 aromatic carbocycles. The maximum atomic E-state index is 11.8. The van der Waals surface area contributed by atoms with E-state index in [4.69, 9.17) is 0 Å². The molecule has 0 rings (SSSR count). The van der Waals surface area contributed by atoms with E-state index in [2.05, 4.69) is 10.2 Å². The van der Waals surface area contributed by atoms with Gasteiger partial charge in [-0.15, -0.1) is 0 Å². The number of aliphatic hydroxyl groups excluding tert-OH is 1. The first-order valence-electron chi connectivity index (χ1n) is 6.91. The zero-order valence-corrected chi connectivity index (χ0v) is 12.8. The Hall–Kier alpha value is -0.610. The lowest BCUT2D eigenvalue weighted by atomic mass is 9.81. The average Bonchev–Trinajstić information content (AvgIpc) is 2.32. The van der Waals surface area contributed by atoms with Crippen LogP contribution in [0.15, 0.2) is 0 Å². The molecule has 0 saturated heterocycles. The first kappa shape index (κ1) is 17.4. The molecule has 0 heterocycles. The summed E-state index contributed by atoms with van der Waals surface area (Å²) in [5, 5.41) is 13.0. The van der Waals surface area contributed by atoms with Crippen LogP contribution in [0.2, 0.25) is 0 Å². The van der Waals surface area contributed by atoms with E-state index >= 15 is 0 Å². The summed E-state index contributed by atoms with van der Waals surface area (Å²) in [6.07, 6.45) is -0.411. The highest BCUT2D eigenvalue weighted by Crippen LogP contribution is 2.24.